The Morgan fingerprint density at radius 2 is 2.06 bits per heavy atom. The minimum Gasteiger partial charge on any atom is -0.338 e. The number of aromatic nitrogens is 2. The summed E-state index contributed by atoms with van der Waals surface area (Å²) >= 11 is 1.80. The second-order valence-electron chi connectivity index (χ2n) is 5.36. The Morgan fingerprint density at radius 1 is 1.41 bits per heavy atom. The van der Waals surface area contributed by atoms with Crippen LogP contribution in [0.4, 0.5) is 0 Å². The van der Waals surface area contributed by atoms with Crippen molar-refractivity contribution in [3.05, 3.63) is 11.7 Å². The van der Waals surface area contributed by atoms with Crippen LogP contribution in [0.1, 0.15) is 58.8 Å². The van der Waals surface area contributed by atoms with Crippen LogP contribution >= 0.6 is 11.8 Å². The van der Waals surface area contributed by atoms with Crippen molar-refractivity contribution in [1.29, 1.82) is 0 Å². The zero-order chi connectivity index (χ0) is 13.1. The minimum absolute atomic E-state index is 0.152. The summed E-state index contributed by atoms with van der Waals surface area (Å²) in [6.45, 7) is 10.7. The minimum atomic E-state index is -0.152. The molecule has 0 aliphatic heterocycles. The van der Waals surface area contributed by atoms with Gasteiger partial charge in [-0.2, -0.15) is 4.98 Å². The van der Waals surface area contributed by atoms with Crippen LogP contribution in [0.15, 0.2) is 4.52 Å². The van der Waals surface area contributed by atoms with E-state index >= 15 is 0 Å². The molecular weight excluding hydrogens is 234 g/mol. The molecule has 0 aliphatic rings. The Labute approximate surface area is 108 Å². The van der Waals surface area contributed by atoms with Crippen molar-refractivity contribution >= 4 is 11.8 Å². The smallest absolute Gasteiger partial charge is 0.243 e. The second kappa shape index (κ2) is 5.87. The predicted octanol–water partition coefficient (Wildman–Crippen LogP) is 3.15. The Balaban J connectivity index is 2.59. The first-order chi connectivity index (χ1) is 7.83. The zero-order valence-electron chi connectivity index (χ0n) is 11.4. The molecule has 0 saturated carbocycles. The molecule has 0 bridgehead atoms. The summed E-state index contributed by atoms with van der Waals surface area (Å²) in [6, 6.07) is -0.152. The maximum absolute atomic E-state index is 6.04. The Morgan fingerprint density at radius 3 is 2.59 bits per heavy atom. The normalized spacial score (nSPS) is 15.9. The lowest BCUT2D eigenvalue weighted by Gasteiger charge is -2.15. The van der Waals surface area contributed by atoms with E-state index in [4.69, 9.17) is 10.3 Å². The van der Waals surface area contributed by atoms with Gasteiger partial charge in [-0.3, -0.25) is 0 Å². The van der Waals surface area contributed by atoms with E-state index in [0.717, 1.165) is 18.0 Å². The molecule has 1 aromatic heterocycles. The van der Waals surface area contributed by atoms with Gasteiger partial charge in [0.2, 0.25) is 5.89 Å². The third-order valence-corrected chi connectivity index (χ3v) is 3.93. The van der Waals surface area contributed by atoms with E-state index in [2.05, 4.69) is 44.8 Å². The first kappa shape index (κ1) is 14.5. The fourth-order valence-corrected chi connectivity index (χ4v) is 1.92. The van der Waals surface area contributed by atoms with Gasteiger partial charge in [0, 0.05) is 4.75 Å². The third-order valence-electron chi connectivity index (χ3n) is 2.66. The molecule has 2 N–H and O–H groups in total. The highest BCUT2D eigenvalue weighted by Gasteiger charge is 2.20. The van der Waals surface area contributed by atoms with Crippen molar-refractivity contribution in [2.45, 2.75) is 57.6 Å². The zero-order valence-corrected chi connectivity index (χ0v) is 12.2. The van der Waals surface area contributed by atoms with E-state index in [9.17, 15) is 0 Å². The highest BCUT2D eigenvalue weighted by atomic mass is 32.2. The van der Waals surface area contributed by atoms with Gasteiger partial charge in [0.25, 0.3) is 0 Å². The molecule has 0 saturated heterocycles. The molecule has 4 nitrogen and oxygen atoms in total. The molecular formula is C12H23N3OS. The molecule has 17 heavy (non-hydrogen) atoms. The van der Waals surface area contributed by atoms with Crippen molar-refractivity contribution in [3.8, 4) is 0 Å². The van der Waals surface area contributed by atoms with Crippen LogP contribution in [0.3, 0.4) is 0 Å². The molecule has 0 amide bonds. The maximum atomic E-state index is 6.04. The molecule has 5 heteroatoms. The first-order valence-electron chi connectivity index (χ1n) is 6.05. The van der Waals surface area contributed by atoms with E-state index in [1.807, 2.05) is 0 Å². The van der Waals surface area contributed by atoms with Crippen LogP contribution in [0.25, 0.3) is 0 Å². The fraction of sp³-hybridized carbons (Fsp3) is 0.833. The van der Waals surface area contributed by atoms with Crippen LogP contribution in [-0.2, 0) is 5.75 Å². The van der Waals surface area contributed by atoms with Gasteiger partial charge in [-0.05, 0) is 5.92 Å². The quantitative estimate of drug-likeness (QED) is 0.877. The lowest BCUT2D eigenvalue weighted by Crippen LogP contribution is -2.18. The van der Waals surface area contributed by atoms with Crippen LogP contribution in [0.5, 0.6) is 0 Å². The highest BCUT2D eigenvalue weighted by Crippen LogP contribution is 2.27. The van der Waals surface area contributed by atoms with Crippen molar-refractivity contribution in [1.82, 2.24) is 10.1 Å². The molecule has 0 aromatic carbocycles. The lowest BCUT2D eigenvalue weighted by atomic mass is 10.0. The van der Waals surface area contributed by atoms with Crippen molar-refractivity contribution in [2.75, 3.05) is 0 Å². The summed E-state index contributed by atoms with van der Waals surface area (Å²) in [4.78, 5) is 4.36. The number of nitrogens with two attached hydrogens (primary N) is 1. The molecule has 1 unspecified atom stereocenters. The molecule has 2 atom stereocenters. The summed E-state index contributed by atoms with van der Waals surface area (Å²) in [5.41, 5.74) is 6.04. The summed E-state index contributed by atoms with van der Waals surface area (Å²) < 4.78 is 5.42. The number of hydrogen-bond donors (Lipinski definition) is 1. The average Bonchev–Trinajstić information content (AvgIpc) is 2.72. The van der Waals surface area contributed by atoms with E-state index < -0.39 is 0 Å². The lowest BCUT2D eigenvalue weighted by molar-refractivity contribution is 0.311. The van der Waals surface area contributed by atoms with Crippen molar-refractivity contribution in [2.24, 2.45) is 11.7 Å². The molecule has 0 spiro atoms. The molecule has 0 radical (unpaired) electrons. The predicted molar refractivity (Wildman–Crippen MR) is 71.7 cm³/mol. The largest absolute Gasteiger partial charge is 0.338 e. The van der Waals surface area contributed by atoms with Crippen LogP contribution in [0.2, 0.25) is 0 Å². The summed E-state index contributed by atoms with van der Waals surface area (Å²) in [6.07, 6.45) is 1.01. The Hall–Kier alpha value is -0.550. The number of hydrogen-bond acceptors (Lipinski definition) is 5. The van der Waals surface area contributed by atoms with Gasteiger partial charge in [-0.25, -0.2) is 0 Å². The second-order valence-corrected chi connectivity index (χ2v) is 7.16. The van der Waals surface area contributed by atoms with Gasteiger partial charge >= 0.3 is 0 Å². The van der Waals surface area contributed by atoms with Gasteiger partial charge in [0.15, 0.2) is 5.82 Å². The van der Waals surface area contributed by atoms with Gasteiger partial charge in [-0.15, -0.1) is 11.8 Å². The molecule has 98 valence electrons. The van der Waals surface area contributed by atoms with Gasteiger partial charge in [0.05, 0.1) is 11.8 Å². The van der Waals surface area contributed by atoms with E-state index in [1.165, 1.54) is 0 Å². The van der Waals surface area contributed by atoms with Gasteiger partial charge in [0.1, 0.15) is 0 Å². The average molecular weight is 257 g/mol. The summed E-state index contributed by atoms with van der Waals surface area (Å²) in [5.74, 6) is 2.42. The topological polar surface area (TPSA) is 64.9 Å². The Kier molecular flexibility index (Phi) is 5.01. The molecule has 1 rings (SSSR count). The fourth-order valence-electron chi connectivity index (χ4n) is 1.24. The molecule has 0 aliphatic carbocycles. The van der Waals surface area contributed by atoms with Crippen LogP contribution in [0, 0.1) is 5.92 Å². The van der Waals surface area contributed by atoms with E-state index in [0.29, 0.717) is 11.8 Å². The highest BCUT2D eigenvalue weighted by molar-refractivity contribution is 7.99. The van der Waals surface area contributed by atoms with Gasteiger partial charge in [-0.1, -0.05) is 46.2 Å². The molecule has 1 heterocycles. The van der Waals surface area contributed by atoms with E-state index in [1.54, 1.807) is 11.8 Å². The van der Waals surface area contributed by atoms with Crippen molar-refractivity contribution in [3.63, 3.8) is 0 Å². The van der Waals surface area contributed by atoms with Crippen LogP contribution in [-0.4, -0.2) is 14.9 Å². The molecule has 1 aromatic rings. The number of thioether (sulfide) groups is 1. The number of rotatable bonds is 5. The SMILES string of the molecule is CCC(C)[C@H](N)c1nc(CSC(C)(C)C)no1. The van der Waals surface area contributed by atoms with Gasteiger partial charge < -0.3 is 10.3 Å². The molecule has 0 fully saturated rings. The monoisotopic (exact) mass is 257 g/mol. The Bertz CT molecular complexity index is 346. The number of nitrogens with zero attached hydrogens (tertiary/aromatic N) is 2. The van der Waals surface area contributed by atoms with E-state index in [-0.39, 0.29) is 10.8 Å². The third kappa shape index (κ3) is 4.68. The summed E-state index contributed by atoms with van der Waals surface area (Å²) in [5, 5.41) is 3.97. The summed E-state index contributed by atoms with van der Waals surface area (Å²) in [7, 11) is 0. The standard InChI is InChI=1S/C12H23N3OS/c1-6-8(2)10(13)11-14-9(15-16-11)7-17-12(3,4)5/h8,10H,6-7,13H2,1-5H3/t8?,10-/m0/s1. The first-order valence-corrected chi connectivity index (χ1v) is 7.04. The van der Waals surface area contributed by atoms with Crippen LogP contribution < -0.4 is 5.73 Å². The maximum Gasteiger partial charge on any atom is 0.243 e. The van der Waals surface area contributed by atoms with Crippen molar-refractivity contribution < 1.29 is 4.52 Å².